The lowest BCUT2D eigenvalue weighted by Crippen LogP contribution is -2.21. The van der Waals surface area contributed by atoms with Gasteiger partial charge in [-0.2, -0.15) is 0 Å². The van der Waals surface area contributed by atoms with Gasteiger partial charge in [0.2, 0.25) is 0 Å². The fraction of sp³-hybridized carbons (Fsp3) is 0.571. The Morgan fingerprint density at radius 3 is 2.76 bits per heavy atom. The largest absolute Gasteiger partial charge is 0.380 e. The number of benzene rings is 1. The van der Waals surface area contributed by atoms with E-state index in [1.54, 1.807) is 7.11 Å². The molecule has 0 amide bonds. The summed E-state index contributed by atoms with van der Waals surface area (Å²) < 4.78 is 10.9. The van der Waals surface area contributed by atoms with E-state index in [-0.39, 0.29) is 6.10 Å². The summed E-state index contributed by atoms with van der Waals surface area (Å²) in [5, 5.41) is 3.24. The molecule has 2 atom stereocenters. The summed E-state index contributed by atoms with van der Waals surface area (Å²) in [4.78, 5) is 0. The Balaban J connectivity index is 2.05. The Morgan fingerprint density at radius 1 is 1.35 bits per heavy atom. The number of methoxy groups -OCH3 is 1. The second-order valence-electron chi connectivity index (χ2n) is 4.57. The molecule has 0 radical (unpaired) electrons. The fourth-order valence-corrected chi connectivity index (χ4v) is 2.44. The summed E-state index contributed by atoms with van der Waals surface area (Å²) in [7, 11) is 3.72. The summed E-state index contributed by atoms with van der Waals surface area (Å²) in [6.45, 7) is 2.56. The van der Waals surface area contributed by atoms with Crippen LogP contribution >= 0.6 is 0 Å². The summed E-state index contributed by atoms with van der Waals surface area (Å²) in [6.07, 6.45) is 1.39. The molecule has 0 aromatic heterocycles. The van der Waals surface area contributed by atoms with Crippen LogP contribution in [0.15, 0.2) is 24.3 Å². The lowest BCUT2D eigenvalue weighted by Gasteiger charge is -2.18. The standard InChI is InChI=1S/C14H21NO2/c1-15-9-13-7-8-17-14(13)12-5-3-11(4-6-12)10-16-2/h3-6,13-15H,7-10H2,1-2H3. The van der Waals surface area contributed by atoms with Crippen LogP contribution < -0.4 is 5.32 Å². The van der Waals surface area contributed by atoms with Gasteiger partial charge in [-0.3, -0.25) is 0 Å². The van der Waals surface area contributed by atoms with Crippen molar-refractivity contribution in [3.05, 3.63) is 35.4 Å². The summed E-state index contributed by atoms with van der Waals surface area (Å²) in [6, 6.07) is 8.56. The molecule has 0 spiro atoms. The molecule has 0 aliphatic carbocycles. The van der Waals surface area contributed by atoms with Gasteiger partial charge < -0.3 is 14.8 Å². The van der Waals surface area contributed by atoms with Crippen molar-refractivity contribution in [3.8, 4) is 0 Å². The Bertz CT molecular complexity index is 337. The minimum absolute atomic E-state index is 0.249. The van der Waals surface area contributed by atoms with E-state index in [0.717, 1.165) is 19.6 Å². The number of hydrogen-bond donors (Lipinski definition) is 1. The van der Waals surface area contributed by atoms with Gasteiger partial charge in [0.15, 0.2) is 0 Å². The third-order valence-electron chi connectivity index (χ3n) is 3.30. The van der Waals surface area contributed by atoms with Gasteiger partial charge >= 0.3 is 0 Å². The Morgan fingerprint density at radius 2 is 2.12 bits per heavy atom. The lowest BCUT2D eigenvalue weighted by molar-refractivity contribution is 0.0909. The molecule has 17 heavy (non-hydrogen) atoms. The van der Waals surface area contributed by atoms with E-state index in [9.17, 15) is 0 Å². The number of rotatable bonds is 5. The van der Waals surface area contributed by atoms with Crippen LogP contribution in [0.2, 0.25) is 0 Å². The molecule has 2 unspecified atom stereocenters. The molecule has 0 bridgehead atoms. The van der Waals surface area contributed by atoms with Crippen LogP contribution in [0.5, 0.6) is 0 Å². The zero-order valence-electron chi connectivity index (χ0n) is 10.6. The molecule has 2 rings (SSSR count). The Labute approximate surface area is 103 Å². The van der Waals surface area contributed by atoms with Gasteiger partial charge in [0, 0.05) is 26.2 Å². The molecule has 3 heteroatoms. The fourth-order valence-electron chi connectivity index (χ4n) is 2.44. The first-order chi connectivity index (χ1) is 8.35. The third kappa shape index (κ3) is 3.06. The third-order valence-corrected chi connectivity index (χ3v) is 3.30. The first-order valence-corrected chi connectivity index (χ1v) is 6.19. The van der Waals surface area contributed by atoms with E-state index in [0.29, 0.717) is 12.5 Å². The Hall–Kier alpha value is -0.900. The van der Waals surface area contributed by atoms with Gasteiger partial charge in [0.05, 0.1) is 12.7 Å². The van der Waals surface area contributed by atoms with E-state index in [4.69, 9.17) is 9.47 Å². The van der Waals surface area contributed by atoms with Crippen molar-refractivity contribution < 1.29 is 9.47 Å². The minimum atomic E-state index is 0.249. The highest BCUT2D eigenvalue weighted by atomic mass is 16.5. The lowest BCUT2D eigenvalue weighted by atomic mass is 9.95. The first-order valence-electron chi connectivity index (χ1n) is 6.19. The van der Waals surface area contributed by atoms with E-state index in [2.05, 4.69) is 29.6 Å². The van der Waals surface area contributed by atoms with Gasteiger partial charge in [0.1, 0.15) is 0 Å². The monoisotopic (exact) mass is 235 g/mol. The molecule has 3 nitrogen and oxygen atoms in total. The molecule has 1 aliphatic heterocycles. The van der Waals surface area contributed by atoms with Crippen LogP contribution in [0.4, 0.5) is 0 Å². The smallest absolute Gasteiger partial charge is 0.0866 e. The Kier molecular flexibility index (Phi) is 4.54. The maximum absolute atomic E-state index is 5.83. The number of hydrogen-bond acceptors (Lipinski definition) is 3. The van der Waals surface area contributed by atoms with Crippen LogP contribution in [0.3, 0.4) is 0 Å². The predicted octanol–water partition coefficient (Wildman–Crippen LogP) is 2.13. The molecular formula is C14H21NO2. The van der Waals surface area contributed by atoms with Crippen LogP contribution in [0.25, 0.3) is 0 Å². The topological polar surface area (TPSA) is 30.5 Å². The molecule has 94 valence electrons. The second kappa shape index (κ2) is 6.15. The molecular weight excluding hydrogens is 214 g/mol. The molecule has 1 aromatic carbocycles. The summed E-state index contributed by atoms with van der Waals surface area (Å²) in [5.74, 6) is 0.591. The molecule has 1 fully saturated rings. The first kappa shape index (κ1) is 12.6. The quantitative estimate of drug-likeness (QED) is 0.848. The molecule has 1 heterocycles. The van der Waals surface area contributed by atoms with E-state index < -0.39 is 0 Å². The molecule has 1 aliphatic rings. The van der Waals surface area contributed by atoms with Crippen LogP contribution in [-0.4, -0.2) is 27.3 Å². The van der Waals surface area contributed by atoms with Crippen LogP contribution in [0, 0.1) is 5.92 Å². The van der Waals surface area contributed by atoms with Crippen LogP contribution in [-0.2, 0) is 16.1 Å². The molecule has 1 aromatic rings. The van der Waals surface area contributed by atoms with Gasteiger partial charge in [-0.25, -0.2) is 0 Å². The maximum atomic E-state index is 5.83. The van der Waals surface area contributed by atoms with E-state index in [1.165, 1.54) is 11.1 Å². The van der Waals surface area contributed by atoms with Crippen molar-refractivity contribution in [3.63, 3.8) is 0 Å². The molecule has 1 N–H and O–H groups in total. The number of nitrogens with one attached hydrogen (secondary N) is 1. The molecule has 0 saturated carbocycles. The summed E-state index contributed by atoms with van der Waals surface area (Å²) in [5.41, 5.74) is 2.49. The van der Waals surface area contributed by atoms with Crippen molar-refractivity contribution in [2.45, 2.75) is 19.1 Å². The highest BCUT2D eigenvalue weighted by Crippen LogP contribution is 2.34. The van der Waals surface area contributed by atoms with E-state index >= 15 is 0 Å². The normalized spacial score (nSPS) is 24.1. The van der Waals surface area contributed by atoms with E-state index in [1.807, 2.05) is 7.05 Å². The van der Waals surface area contributed by atoms with Gasteiger partial charge in [-0.15, -0.1) is 0 Å². The zero-order valence-corrected chi connectivity index (χ0v) is 10.6. The highest BCUT2D eigenvalue weighted by molar-refractivity contribution is 5.25. The van der Waals surface area contributed by atoms with Gasteiger partial charge in [-0.05, 0) is 24.6 Å². The average molecular weight is 235 g/mol. The average Bonchev–Trinajstić information content (AvgIpc) is 2.79. The van der Waals surface area contributed by atoms with Crippen molar-refractivity contribution in [1.82, 2.24) is 5.32 Å². The number of ether oxygens (including phenoxy) is 2. The van der Waals surface area contributed by atoms with Gasteiger partial charge in [0.25, 0.3) is 0 Å². The minimum Gasteiger partial charge on any atom is -0.380 e. The van der Waals surface area contributed by atoms with Gasteiger partial charge in [-0.1, -0.05) is 24.3 Å². The summed E-state index contributed by atoms with van der Waals surface area (Å²) >= 11 is 0. The van der Waals surface area contributed by atoms with Crippen LogP contribution in [0.1, 0.15) is 23.7 Å². The maximum Gasteiger partial charge on any atom is 0.0866 e. The van der Waals surface area contributed by atoms with Crippen molar-refractivity contribution in [1.29, 1.82) is 0 Å². The second-order valence-corrected chi connectivity index (χ2v) is 4.57. The molecule has 1 saturated heterocycles. The SMILES string of the molecule is CNCC1CCOC1c1ccc(COC)cc1. The highest BCUT2D eigenvalue weighted by Gasteiger charge is 2.28. The van der Waals surface area contributed by atoms with Crippen molar-refractivity contribution in [2.75, 3.05) is 27.3 Å². The van der Waals surface area contributed by atoms with Crippen molar-refractivity contribution in [2.24, 2.45) is 5.92 Å². The zero-order chi connectivity index (χ0) is 12.1. The predicted molar refractivity (Wildman–Crippen MR) is 67.9 cm³/mol. The van der Waals surface area contributed by atoms with Crippen molar-refractivity contribution >= 4 is 0 Å².